The highest BCUT2D eigenvalue weighted by Gasteiger charge is 2.25. The molecular weight excluding hydrogens is 867 g/mol. The minimum absolute atomic E-state index is 0.0328. The minimum Gasteiger partial charge on any atom is -0.466 e. The molecule has 344 valence electrons. The number of benzene rings is 4. The van der Waals surface area contributed by atoms with E-state index >= 15 is 0 Å². The number of aromatic nitrogens is 8. The minimum atomic E-state index is -0.528. The van der Waals surface area contributed by atoms with Crippen LogP contribution in [0.15, 0.2) is 140 Å². The Balaban J connectivity index is 0.000000204. The van der Waals surface area contributed by atoms with E-state index in [2.05, 4.69) is 19.9 Å². The standard InChI is InChI=1S/C28H26FN5O3.C24H22FN5O/c1-18(2)27-32-25(26(20-10-12-21(29)13-11-20)33(27)17-15-24(36)37-4)23-14-16-30-28(31-23)34(19(3)35)22-8-6-5-7-9-22;1-15(2)23-28-21(17-9-11-18(25)12-10-17)22(29-23)20-13-14-26-24(27-20)30(16(3)31)19-7-5-4-6-8-19/h5-18H,1-4H3;4-15H,1-3H3,(H,28,29)/b17-15+;. The zero-order valence-corrected chi connectivity index (χ0v) is 38.4. The van der Waals surface area contributed by atoms with Crippen molar-refractivity contribution in [3.05, 3.63) is 163 Å². The van der Waals surface area contributed by atoms with Crippen molar-refractivity contribution in [1.29, 1.82) is 0 Å². The molecule has 0 unspecified atom stereocenters. The van der Waals surface area contributed by atoms with E-state index in [1.165, 1.54) is 61.1 Å². The average molecular weight is 915 g/mol. The molecule has 0 aliphatic rings. The van der Waals surface area contributed by atoms with Gasteiger partial charge >= 0.3 is 5.97 Å². The maximum atomic E-state index is 13.8. The summed E-state index contributed by atoms with van der Waals surface area (Å²) >= 11 is 0. The topological polar surface area (TPSA) is 165 Å². The zero-order valence-electron chi connectivity index (χ0n) is 38.4. The summed E-state index contributed by atoms with van der Waals surface area (Å²) in [6, 6.07) is 34.0. The maximum absolute atomic E-state index is 13.8. The third-order valence-corrected chi connectivity index (χ3v) is 10.4. The molecule has 4 aromatic carbocycles. The Morgan fingerprint density at radius 1 is 0.618 bits per heavy atom. The molecule has 0 fully saturated rings. The highest BCUT2D eigenvalue weighted by Crippen LogP contribution is 2.36. The van der Waals surface area contributed by atoms with E-state index in [0.717, 1.165) is 11.4 Å². The van der Waals surface area contributed by atoms with Crippen LogP contribution in [0, 0.1) is 11.6 Å². The normalized spacial score (nSPS) is 11.1. The Hall–Kier alpha value is -8.53. The molecule has 8 rings (SSSR count). The fraction of sp³-hybridized carbons (Fsp3) is 0.173. The number of aromatic amines is 1. The molecular formula is C52H48F2N10O4. The summed E-state index contributed by atoms with van der Waals surface area (Å²) in [6.07, 6.45) is 6.04. The van der Waals surface area contributed by atoms with Crippen molar-refractivity contribution < 1.29 is 27.9 Å². The molecule has 8 aromatic rings. The number of esters is 1. The van der Waals surface area contributed by atoms with Crippen LogP contribution in [0.4, 0.5) is 32.1 Å². The Labute approximate surface area is 392 Å². The number of methoxy groups -OCH3 is 1. The van der Waals surface area contributed by atoms with Gasteiger partial charge in [0.05, 0.1) is 47.0 Å². The molecule has 4 heterocycles. The second-order valence-corrected chi connectivity index (χ2v) is 15.9. The number of hydrogen-bond donors (Lipinski definition) is 1. The molecule has 2 amide bonds. The van der Waals surface area contributed by atoms with E-state index in [0.29, 0.717) is 56.9 Å². The first-order valence-electron chi connectivity index (χ1n) is 21.6. The summed E-state index contributed by atoms with van der Waals surface area (Å²) in [6.45, 7) is 10.9. The van der Waals surface area contributed by atoms with Gasteiger partial charge < -0.3 is 14.3 Å². The first kappa shape index (κ1) is 47.4. The molecule has 16 heteroatoms. The Bertz CT molecular complexity index is 3060. The van der Waals surface area contributed by atoms with Crippen LogP contribution in [0.1, 0.15) is 65.0 Å². The summed E-state index contributed by atoms with van der Waals surface area (Å²) in [5.41, 5.74) is 6.23. The Kier molecular flexibility index (Phi) is 14.8. The summed E-state index contributed by atoms with van der Waals surface area (Å²) in [5, 5.41) is 0. The van der Waals surface area contributed by atoms with Gasteiger partial charge in [-0.1, -0.05) is 64.1 Å². The molecule has 0 aliphatic carbocycles. The quantitative estimate of drug-likeness (QED) is 0.0921. The number of imidazole rings is 2. The number of nitrogens with zero attached hydrogens (tertiary/aromatic N) is 9. The third-order valence-electron chi connectivity index (χ3n) is 10.4. The molecule has 4 aromatic heterocycles. The van der Waals surface area contributed by atoms with Crippen LogP contribution in [0.2, 0.25) is 0 Å². The second-order valence-electron chi connectivity index (χ2n) is 15.9. The van der Waals surface area contributed by atoms with E-state index in [4.69, 9.17) is 19.7 Å². The number of carbonyl (C=O) groups excluding carboxylic acids is 3. The number of nitrogens with one attached hydrogen (secondary N) is 1. The number of rotatable bonds is 12. The lowest BCUT2D eigenvalue weighted by atomic mass is 10.1. The molecule has 14 nitrogen and oxygen atoms in total. The van der Waals surface area contributed by atoms with Gasteiger partial charge in [0.1, 0.15) is 29.0 Å². The number of ether oxygens (including phenoxy) is 1. The number of hydrogen-bond acceptors (Lipinski definition) is 10. The van der Waals surface area contributed by atoms with Crippen LogP contribution in [-0.2, 0) is 19.1 Å². The van der Waals surface area contributed by atoms with Crippen molar-refractivity contribution in [3.8, 4) is 45.3 Å². The number of amides is 2. The van der Waals surface area contributed by atoms with Crippen LogP contribution >= 0.6 is 0 Å². The fourth-order valence-electron chi connectivity index (χ4n) is 7.15. The highest BCUT2D eigenvalue weighted by atomic mass is 19.1. The van der Waals surface area contributed by atoms with E-state index in [9.17, 15) is 23.2 Å². The van der Waals surface area contributed by atoms with Gasteiger partial charge in [-0.25, -0.2) is 53.3 Å². The molecule has 68 heavy (non-hydrogen) atoms. The van der Waals surface area contributed by atoms with Crippen LogP contribution < -0.4 is 9.80 Å². The van der Waals surface area contributed by atoms with Crippen molar-refractivity contribution in [3.63, 3.8) is 0 Å². The number of H-pyrrole nitrogens is 1. The molecule has 0 saturated carbocycles. The van der Waals surface area contributed by atoms with Gasteiger partial charge in [0.2, 0.25) is 23.7 Å². The summed E-state index contributed by atoms with van der Waals surface area (Å²) in [7, 11) is 1.30. The lowest BCUT2D eigenvalue weighted by molar-refractivity contribution is -0.134. The second kappa shape index (κ2) is 21.2. The van der Waals surface area contributed by atoms with Crippen LogP contribution in [0.25, 0.3) is 51.5 Å². The third kappa shape index (κ3) is 10.8. The van der Waals surface area contributed by atoms with Crippen molar-refractivity contribution in [1.82, 2.24) is 39.5 Å². The average Bonchev–Trinajstić information content (AvgIpc) is 3.96. The smallest absolute Gasteiger partial charge is 0.331 e. The lowest BCUT2D eigenvalue weighted by Gasteiger charge is -2.19. The SMILES string of the molecule is CC(=O)N(c1ccccc1)c1nccc(-c2[nH]c(C(C)C)nc2-c2ccc(F)cc2)n1.COC(=O)/C=C/n1c(C(C)C)nc(-c2ccnc(N(C(C)=O)c3ccccc3)n2)c1-c1ccc(F)cc1. The van der Waals surface area contributed by atoms with Crippen LogP contribution in [-0.4, -0.2) is 64.3 Å². The van der Waals surface area contributed by atoms with Crippen molar-refractivity contribution in [2.24, 2.45) is 0 Å². The summed E-state index contributed by atoms with van der Waals surface area (Å²) in [4.78, 5) is 70.7. The first-order valence-corrected chi connectivity index (χ1v) is 21.6. The summed E-state index contributed by atoms with van der Waals surface area (Å²) in [5.74, 6) is 0.354. The maximum Gasteiger partial charge on any atom is 0.331 e. The van der Waals surface area contributed by atoms with E-state index in [-0.39, 0.29) is 47.2 Å². The molecule has 0 aliphatic heterocycles. The zero-order chi connectivity index (χ0) is 48.5. The predicted molar refractivity (Wildman–Crippen MR) is 258 cm³/mol. The van der Waals surface area contributed by atoms with Gasteiger partial charge in [-0.3, -0.25) is 9.59 Å². The monoisotopic (exact) mass is 914 g/mol. The Morgan fingerprint density at radius 3 is 1.60 bits per heavy atom. The first-order chi connectivity index (χ1) is 32.7. The number of para-hydroxylation sites is 2. The van der Waals surface area contributed by atoms with Gasteiger partial charge in [0.25, 0.3) is 0 Å². The van der Waals surface area contributed by atoms with Crippen LogP contribution in [0.3, 0.4) is 0 Å². The molecule has 0 spiro atoms. The fourth-order valence-corrected chi connectivity index (χ4v) is 7.15. The van der Waals surface area contributed by atoms with Crippen molar-refractivity contribution in [2.45, 2.75) is 53.4 Å². The molecule has 0 radical (unpaired) electrons. The van der Waals surface area contributed by atoms with Gasteiger partial charge in [0.15, 0.2) is 0 Å². The predicted octanol–water partition coefficient (Wildman–Crippen LogP) is 11.1. The number of anilines is 4. The molecule has 1 N–H and O–H groups in total. The van der Waals surface area contributed by atoms with Gasteiger partial charge in [-0.15, -0.1) is 0 Å². The van der Waals surface area contributed by atoms with Crippen LogP contribution in [0.5, 0.6) is 0 Å². The van der Waals surface area contributed by atoms with E-state index < -0.39 is 5.97 Å². The van der Waals surface area contributed by atoms with Gasteiger partial charge in [-0.2, -0.15) is 0 Å². The number of carbonyl (C=O) groups is 3. The molecule has 0 atom stereocenters. The van der Waals surface area contributed by atoms with Gasteiger partial charge in [0, 0.05) is 61.5 Å². The molecule has 0 saturated heterocycles. The van der Waals surface area contributed by atoms with Gasteiger partial charge in [-0.05, 0) is 84.9 Å². The van der Waals surface area contributed by atoms with Crippen molar-refractivity contribution >= 4 is 47.3 Å². The summed E-state index contributed by atoms with van der Waals surface area (Å²) < 4.78 is 33.8. The van der Waals surface area contributed by atoms with E-state index in [1.54, 1.807) is 71.7 Å². The molecule has 0 bridgehead atoms. The Morgan fingerprint density at radius 2 is 1.12 bits per heavy atom. The largest absolute Gasteiger partial charge is 0.466 e. The van der Waals surface area contributed by atoms with E-state index in [1.807, 2.05) is 76.2 Å². The van der Waals surface area contributed by atoms with Crippen molar-refractivity contribution in [2.75, 3.05) is 16.9 Å². The number of halogens is 2. The highest BCUT2D eigenvalue weighted by molar-refractivity contribution is 5.98. The lowest BCUT2D eigenvalue weighted by Crippen LogP contribution is -2.24.